The molecule has 0 fully saturated rings. The summed E-state index contributed by atoms with van der Waals surface area (Å²) in [5.74, 6) is 0. The van der Waals surface area contributed by atoms with E-state index in [9.17, 15) is 0 Å². The summed E-state index contributed by atoms with van der Waals surface area (Å²) in [5.41, 5.74) is 5.68. The molecule has 0 bridgehead atoms. The lowest BCUT2D eigenvalue weighted by Crippen LogP contribution is -2.00. The molecule has 0 atom stereocenters. The third-order valence-corrected chi connectivity index (χ3v) is 7.21. The van der Waals surface area contributed by atoms with Gasteiger partial charge in [0.1, 0.15) is 0 Å². The standard InChI is InChI=1S/C36H24N2/c1-2-12-25(13-3-1)26-14-10-15-27(24-26)37-32-20-7-6-18-30(32)31-19-11-23-35(36(31)37)38-33-21-8-4-16-28(33)29-17-5-9-22-34(29)38/h1-24H/i1D,4D,8D,12D,13D,16D,21D. The van der Waals surface area contributed by atoms with E-state index in [1.807, 2.05) is 83.4 Å². The molecule has 178 valence electrons. The number of hydrogen-bond acceptors (Lipinski definition) is 0. The summed E-state index contributed by atoms with van der Waals surface area (Å²) in [4.78, 5) is 0. The average molecular weight is 492 g/mol. The molecule has 2 heterocycles. The van der Waals surface area contributed by atoms with Crippen molar-refractivity contribution in [1.29, 1.82) is 0 Å². The molecule has 0 aliphatic heterocycles. The Morgan fingerprint density at radius 2 is 1.13 bits per heavy atom. The van der Waals surface area contributed by atoms with Gasteiger partial charge in [-0.05, 0) is 47.5 Å². The Bertz CT molecular complexity index is 2500. The van der Waals surface area contributed by atoms with Crippen LogP contribution in [0.5, 0.6) is 0 Å². The summed E-state index contributed by atoms with van der Waals surface area (Å²) in [6.45, 7) is 0. The van der Waals surface area contributed by atoms with Gasteiger partial charge in [0.2, 0.25) is 0 Å². The Balaban J connectivity index is 1.53. The van der Waals surface area contributed by atoms with Gasteiger partial charge in [0.25, 0.3) is 0 Å². The van der Waals surface area contributed by atoms with Gasteiger partial charge in [-0.3, -0.25) is 0 Å². The molecule has 0 saturated carbocycles. The number of rotatable bonds is 3. The highest BCUT2D eigenvalue weighted by Crippen LogP contribution is 2.39. The van der Waals surface area contributed by atoms with Gasteiger partial charge in [0, 0.05) is 27.2 Å². The monoisotopic (exact) mass is 491 g/mol. The molecule has 0 aliphatic rings. The van der Waals surface area contributed by atoms with Crippen molar-refractivity contribution in [2.45, 2.75) is 0 Å². The molecule has 6 aromatic carbocycles. The van der Waals surface area contributed by atoms with Crippen LogP contribution in [0.1, 0.15) is 9.60 Å². The van der Waals surface area contributed by atoms with E-state index in [1.54, 1.807) is 0 Å². The average Bonchev–Trinajstić information content (AvgIpc) is 3.56. The van der Waals surface area contributed by atoms with Crippen LogP contribution >= 0.6 is 0 Å². The molecule has 38 heavy (non-hydrogen) atoms. The minimum absolute atomic E-state index is 0.0718. The first kappa shape index (κ1) is 15.2. The van der Waals surface area contributed by atoms with Gasteiger partial charge in [0.15, 0.2) is 0 Å². The summed E-state index contributed by atoms with van der Waals surface area (Å²) in [6.07, 6.45) is 0. The van der Waals surface area contributed by atoms with Gasteiger partial charge in [0.05, 0.1) is 37.3 Å². The molecule has 2 heteroatoms. The van der Waals surface area contributed by atoms with Gasteiger partial charge < -0.3 is 9.13 Å². The molecule has 0 amide bonds. The van der Waals surface area contributed by atoms with Crippen LogP contribution in [-0.4, -0.2) is 9.13 Å². The van der Waals surface area contributed by atoms with E-state index < -0.39 is 0 Å². The summed E-state index contributed by atoms with van der Waals surface area (Å²) >= 11 is 0. The van der Waals surface area contributed by atoms with Crippen molar-refractivity contribution in [3.05, 3.63) is 145 Å². The smallest absolute Gasteiger partial charge is 0.0782 e. The highest BCUT2D eigenvalue weighted by Gasteiger charge is 2.19. The lowest BCUT2D eigenvalue weighted by molar-refractivity contribution is 1.13. The lowest BCUT2D eigenvalue weighted by Gasteiger charge is -2.15. The highest BCUT2D eigenvalue weighted by atomic mass is 15.1. The van der Waals surface area contributed by atoms with Crippen LogP contribution in [-0.2, 0) is 0 Å². The fourth-order valence-corrected chi connectivity index (χ4v) is 5.65. The third-order valence-electron chi connectivity index (χ3n) is 7.21. The summed E-state index contributed by atoms with van der Waals surface area (Å²) in [5, 5.41) is 3.21. The van der Waals surface area contributed by atoms with Crippen molar-refractivity contribution in [1.82, 2.24) is 9.13 Å². The van der Waals surface area contributed by atoms with E-state index in [0.717, 1.165) is 44.1 Å². The molecule has 2 nitrogen and oxygen atoms in total. The number of benzene rings is 6. The number of para-hydroxylation sites is 4. The molecule has 8 aromatic rings. The minimum atomic E-state index is -0.284. The first-order valence-corrected chi connectivity index (χ1v) is 12.5. The van der Waals surface area contributed by atoms with E-state index in [0.29, 0.717) is 22.0 Å². The quantitative estimate of drug-likeness (QED) is 0.233. The summed E-state index contributed by atoms with van der Waals surface area (Å²) in [7, 11) is 0. The minimum Gasteiger partial charge on any atom is -0.307 e. The molecule has 8 rings (SSSR count). The Morgan fingerprint density at radius 1 is 0.447 bits per heavy atom. The fourth-order valence-electron chi connectivity index (χ4n) is 5.65. The van der Waals surface area contributed by atoms with Crippen LogP contribution in [0.25, 0.3) is 66.1 Å². The SMILES string of the molecule is [2H]c1cc([2H])c(-c2cccc(-n3c4ccccc4c4cccc(-n5c6ccccc6c6c([2H])c([2H])c([2H])c([2H])c65)c43)c2)c([2H])c1. The topological polar surface area (TPSA) is 9.86 Å². The second-order valence-corrected chi connectivity index (χ2v) is 9.27. The van der Waals surface area contributed by atoms with Crippen molar-refractivity contribution >= 4 is 43.6 Å². The highest BCUT2D eigenvalue weighted by molar-refractivity contribution is 6.15. The molecule has 0 unspecified atom stereocenters. The van der Waals surface area contributed by atoms with Crippen LogP contribution in [0.2, 0.25) is 0 Å². The Hall–Kier alpha value is -5.08. The molecule has 0 N–H and O–H groups in total. The maximum atomic E-state index is 8.99. The summed E-state index contributed by atoms with van der Waals surface area (Å²) < 4.78 is 63.8. The van der Waals surface area contributed by atoms with Crippen molar-refractivity contribution in [3.63, 3.8) is 0 Å². The van der Waals surface area contributed by atoms with Gasteiger partial charge >= 0.3 is 0 Å². The van der Waals surface area contributed by atoms with E-state index in [2.05, 4.69) is 16.7 Å². The predicted molar refractivity (Wildman–Crippen MR) is 161 cm³/mol. The molecule has 0 radical (unpaired) electrons. The van der Waals surface area contributed by atoms with E-state index in [-0.39, 0.29) is 42.3 Å². The molecule has 0 saturated heterocycles. The zero-order valence-corrected chi connectivity index (χ0v) is 20.2. The molecular weight excluding hydrogens is 460 g/mol. The second-order valence-electron chi connectivity index (χ2n) is 9.27. The second kappa shape index (κ2) is 8.22. The molecule has 0 aliphatic carbocycles. The van der Waals surface area contributed by atoms with E-state index in [1.165, 1.54) is 12.1 Å². The number of hydrogen-bond donors (Lipinski definition) is 0. The third kappa shape index (κ3) is 3.01. The van der Waals surface area contributed by atoms with Crippen molar-refractivity contribution in [2.75, 3.05) is 0 Å². The van der Waals surface area contributed by atoms with E-state index in [4.69, 9.17) is 9.60 Å². The fraction of sp³-hybridized carbons (Fsp3) is 0. The van der Waals surface area contributed by atoms with Crippen LogP contribution in [0.4, 0.5) is 0 Å². The lowest BCUT2D eigenvalue weighted by atomic mass is 10.1. The summed E-state index contributed by atoms with van der Waals surface area (Å²) in [6, 6.07) is 32.0. The van der Waals surface area contributed by atoms with Crippen molar-refractivity contribution in [3.8, 4) is 22.5 Å². The Labute approximate surface area is 230 Å². The first-order valence-electron chi connectivity index (χ1n) is 16.0. The van der Waals surface area contributed by atoms with E-state index >= 15 is 0 Å². The number of nitrogens with zero attached hydrogens (tertiary/aromatic N) is 2. The predicted octanol–water partition coefficient (Wildman–Crippen LogP) is 9.55. The zero-order chi connectivity index (χ0) is 31.1. The van der Waals surface area contributed by atoms with Gasteiger partial charge in [-0.25, -0.2) is 0 Å². The van der Waals surface area contributed by atoms with Crippen LogP contribution < -0.4 is 0 Å². The zero-order valence-electron chi connectivity index (χ0n) is 27.2. The molecular formula is C36H24N2. The van der Waals surface area contributed by atoms with Gasteiger partial charge in [-0.1, -0.05) is 109 Å². The number of fused-ring (bicyclic) bond motifs is 6. The van der Waals surface area contributed by atoms with Crippen LogP contribution in [0.15, 0.2) is 145 Å². The van der Waals surface area contributed by atoms with Crippen LogP contribution in [0, 0.1) is 0 Å². The van der Waals surface area contributed by atoms with Gasteiger partial charge in [-0.15, -0.1) is 0 Å². The Kier molecular flexibility index (Phi) is 3.30. The first-order chi connectivity index (χ1) is 21.8. The normalized spacial score (nSPS) is 14.3. The van der Waals surface area contributed by atoms with Crippen molar-refractivity contribution in [2.24, 2.45) is 0 Å². The molecule has 2 aromatic heterocycles. The van der Waals surface area contributed by atoms with Crippen LogP contribution in [0.3, 0.4) is 0 Å². The van der Waals surface area contributed by atoms with Gasteiger partial charge in [-0.2, -0.15) is 0 Å². The maximum Gasteiger partial charge on any atom is 0.0782 e. The number of aromatic nitrogens is 2. The van der Waals surface area contributed by atoms with Crippen molar-refractivity contribution < 1.29 is 9.60 Å². The maximum absolute atomic E-state index is 8.99. The Morgan fingerprint density at radius 3 is 1.97 bits per heavy atom. The molecule has 0 spiro atoms. The largest absolute Gasteiger partial charge is 0.307 e.